The summed E-state index contributed by atoms with van der Waals surface area (Å²) in [5, 5.41) is 0. The molecule has 0 amide bonds. The molecule has 0 aromatic heterocycles. The molecule has 2 aromatic carbocycles. The van der Waals surface area contributed by atoms with Crippen LogP contribution in [0.3, 0.4) is 0 Å². The molecule has 1 N–H and O–H groups in total. The van der Waals surface area contributed by atoms with Crippen molar-refractivity contribution in [3.05, 3.63) is 40.9 Å². The first kappa shape index (κ1) is 18.0. The van der Waals surface area contributed by atoms with Crippen molar-refractivity contribution < 1.29 is 26.3 Å². The van der Waals surface area contributed by atoms with Gasteiger partial charge in [0, 0.05) is 22.9 Å². The summed E-state index contributed by atoms with van der Waals surface area (Å²) in [7, 11) is -7.29. The van der Waals surface area contributed by atoms with Crippen LogP contribution in [0.4, 0.5) is 5.69 Å². The van der Waals surface area contributed by atoms with Crippen molar-refractivity contribution in [2.24, 2.45) is 0 Å². The summed E-state index contributed by atoms with van der Waals surface area (Å²) in [5.41, 5.74) is 0.288. The van der Waals surface area contributed by atoms with Gasteiger partial charge in [-0.1, -0.05) is 0 Å². The molecular formula is C15H14BrNO6S2. The molecule has 0 spiro atoms. The van der Waals surface area contributed by atoms with Crippen LogP contribution in [0.25, 0.3) is 0 Å². The topological polar surface area (TPSA) is 98.8 Å². The quantitative estimate of drug-likeness (QED) is 0.772. The van der Waals surface area contributed by atoms with Crippen LogP contribution in [0.5, 0.6) is 11.5 Å². The Labute approximate surface area is 154 Å². The third-order valence-electron chi connectivity index (χ3n) is 3.44. The fourth-order valence-corrected chi connectivity index (χ4v) is 4.47. The van der Waals surface area contributed by atoms with E-state index in [1.165, 1.54) is 30.3 Å². The maximum absolute atomic E-state index is 12.5. The first-order valence-electron chi connectivity index (χ1n) is 7.09. The predicted molar refractivity (Wildman–Crippen MR) is 95.5 cm³/mol. The zero-order valence-electron chi connectivity index (χ0n) is 13.0. The lowest BCUT2D eigenvalue weighted by Gasteiger charge is -2.20. The summed E-state index contributed by atoms with van der Waals surface area (Å²) in [6.45, 7) is 0.810. The van der Waals surface area contributed by atoms with Crippen LogP contribution in [-0.2, 0) is 19.9 Å². The van der Waals surface area contributed by atoms with Gasteiger partial charge in [-0.3, -0.25) is 4.72 Å². The lowest BCUT2D eigenvalue weighted by Crippen LogP contribution is -2.17. The molecule has 0 bridgehead atoms. The van der Waals surface area contributed by atoms with Gasteiger partial charge >= 0.3 is 0 Å². The van der Waals surface area contributed by atoms with E-state index in [0.717, 1.165) is 6.26 Å². The molecule has 0 aliphatic carbocycles. The second kappa shape index (κ2) is 6.50. The SMILES string of the molecule is CS(=O)(=O)c1ccc(S(=O)(=O)Nc2cc3c(cc2Br)OCCO3)cc1. The van der Waals surface area contributed by atoms with Gasteiger partial charge in [-0.25, -0.2) is 16.8 Å². The van der Waals surface area contributed by atoms with Gasteiger partial charge < -0.3 is 9.47 Å². The van der Waals surface area contributed by atoms with Gasteiger partial charge in [-0.05, 0) is 40.2 Å². The minimum atomic E-state index is -3.90. The molecule has 1 heterocycles. The monoisotopic (exact) mass is 447 g/mol. The third-order valence-corrected chi connectivity index (χ3v) is 6.60. The van der Waals surface area contributed by atoms with Crippen molar-refractivity contribution in [1.29, 1.82) is 0 Å². The van der Waals surface area contributed by atoms with Gasteiger partial charge in [0.1, 0.15) is 13.2 Å². The first-order valence-corrected chi connectivity index (χ1v) is 11.3. The highest BCUT2D eigenvalue weighted by Crippen LogP contribution is 2.38. The zero-order chi connectivity index (χ0) is 18.2. The first-order chi connectivity index (χ1) is 11.7. The molecule has 1 aliphatic rings. The van der Waals surface area contributed by atoms with Gasteiger partial charge in [-0.15, -0.1) is 0 Å². The van der Waals surface area contributed by atoms with Gasteiger partial charge in [0.25, 0.3) is 10.0 Å². The van der Waals surface area contributed by atoms with E-state index in [4.69, 9.17) is 9.47 Å². The molecule has 0 atom stereocenters. The van der Waals surface area contributed by atoms with E-state index in [1.807, 2.05) is 0 Å². The Morgan fingerprint density at radius 1 is 0.920 bits per heavy atom. The highest BCUT2D eigenvalue weighted by Gasteiger charge is 2.20. The number of ether oxygens (including phenoxy) is 2. The van der Waals surface area contributed by atoms with Gasteiger partial charge in [-0.2, -0.15) is 0 Å². The normalized spacial score (nSPS) is 14.2. The van der Waals surface area contributed by atoms with Gasteiger partial charge in [0.15, 0.2) is 21.3 Å². The Kier molecular flexibility index (Phi) is 4.69. The highest BCUT2D eigenvalue weighted by molar-refractivity contribution is 9.10. The van der Waals surface area contributed by atoms with E-state index in [-0.39, 0.29) is 15.5 Å². The Morgan fingerprint density at radius 3 is 2.00 bits per heavy atom. The van der Waals surface area contributed by atoms with E-state index in [9.17, 15) is 16.8 Å². The minimum Gasteiger partial charge on any atom is -0.486 e. The van der Waals surface area contributed by atoms with Gasteiger partial charge in [0.05, 0.1) is 15.5 Å². The van der Waals surface area contributed by atoms with Crippen molar-refractivity contribution in [1.82, 2.24) is 0 Å². The summed E-state index contributed by atoms with van der Waals surface area (Å²) >= 11 is 3.30. The maximum atomic E-state index is 12.5. The molecule has 134 valence electrons. The Bertz CT molecular complexity index is 1020. The molecule has 2 aromatic rings. The summed E-state index contributed by atoms with van der Waals surface area (Å²) in [6.07, 6.45) is 1.06. The summed E-state index contributed by atoms with van der Waals surface area (Å²) < 4.78 is 61.8. The average Bonchev–Trinajstić information content (AvgIpc) is 2.55. The van der Waals surface area contributed by atoms with Crippen LogP contribution >= 0.6 is 15.9 Å². The molecule has 0 radical (unpaired) electrons. The number of hydrogen-bond acceptors (Lipinski definition) is 6. The number of halogens is 1. The molecule has 1 aliphatic heterocycles. The number of benzene rings is 2. The van der Waals surface area contributed by atoms with Crippen molar-refractivity contribution in [3.63, 3.8) is 0 Å². The Hall–Kier alpha value is -1.78. The molecule has 25 heavy (non-hydrogen) atoms. The number of hydrogen-bond donors (Lipinski definition) is 1. The maximum Gasteiger partial charge on any atom is 0.261 e. The smallest absolute Gasteiger partial charge is 0.261 e. The zero-order valence-corrected chi connectivity index (χ0v) is 16.2. The van der Waals surface area contributed by atoms with Crippen LogP contribution < -0.4 is 14.2 Å². The summed E-state index contributed by atoms with van der Waals surface area (Å²) in [4.78, 5) is -0.00588. The predicted octanol–water partition coefficient (Wildman–Crippen LogP) is 2.42. The van der Waals surface area contributed by atoms with E-state index in [2.05, 4.69) is 20.7 Å². The lowest BCUT2D eigenvalue weighted by atomic mass is 10.2. The van der Waals surface area contributed by atoms with Crippen LogP contribution in [-0.4, -0.2) is 36.3 Å². The van der Waals surface area contributed by atoms with E-state index in [1.54, 1.807) is 6.07 Å². The minimum absolute atomic E-state index is 0.0481. The molecule has 0 saturated carbocycles. The van der Waals surface area contributed by atoms with Crippen molar-refractivity contribution >= 4 is 41.5 Å². The lowest BCUT2D eigenvalue weighted by molar-refractivity contribution is 0.171. The van der Waals surface area contributed by atoms with Crippen LogP contribution in [0.15, 0.2) is 50.7 Å². The van der Waals surface area contributed by atoms with E-state index < -0.39 is 19.9 Å². The summed E-state index contributed by atoms with van der Waals surface area (Å²) in [6, 6.07) is 8.14. The molecule has 10 heteroatoms. The molecular weight excluding hydrogens is 434 g/mol. The fraction of sp³-hybridized carbons (Fsp3) is 0.200. The third kappa shape index (κ3) is 3.91. The number of anilines is 1. The number of fused-ring (bicyclic) bond motifs is 1. The molecule has 7 nitrogen and oxygen atoms in total. The Morgan fingerprint density at radius 2 is 1.44 bits per heavy atom. The summed E-state index contributed by atoms with van der Waals surface area (Å²) in [5.74, 6) is 0.971. The largest absolute Gasteiger partial charge is 0.486 e. The van der Waals surface area contributed by atoms with Crippen molar-refractivity contribution in [2.45, 2.75) is 9.79 Å². The highest BCUT2D eigenvalue weighted by atomic mass is 79.9. The second-order valence-corrected chi connectivity index (χ2v) is 9.88. The fourth-order valence-electron chi connectivity index (χ4n) is 2.21. The van der Waals surface area contributed by atoms with Gasteiger partial charge in [0.2, 0.25) is 0 Å². The number of nitrogens with one attached hydrogen (secondary N) is 1. The van der Waals surface area contributed by atoms with Crippen molar-refractivity contribution in [3.8, 4) is 11.5 Å². The number of sulfone groups is 1. The standard InChI is InChI=1S/C15H14BrNO6S2/c1-24(18,19)10-2-4-11(5-3-10)25(20,21)17-13-9-15-14(8-12(13)16)22-6-7-23-15/h2-5,8-9,17H,6-7H2,1H3. The van der Waals surface area contributed by atoms with Crippen LogP contribution in [0, 0.1) is 0 Å². The van der Waals surface area contributed by atoms with Crippen LogP contribution in [0.1, 0.15) is 0 Å². The number of rotatable bonds is 4. The average molecular weight is 448 g/mol. The van der Waals surface area contributed by atoms with E-state index in [0.29, 0.717) is 29.2 Å². The Balaban J connectivity index is 1.91. The number of sulfonamides is 1. The molecule has 0 unspecified atom stereocenters. The molecule has 3 rings (SSSR count). The molecule has 0 saturated heterocycles. The van der Waals surface area contributed by atoms with E-state index >= 15 is 0 Å². The van der Waals surface area contributed by atoms with Crippen LogP contribution in [0.2, 0.25) is 0 Å². The van der Waals surface area contributed by atoms with Crippen molar-refractivity contribution in [2.75, 3.05) is 24.2 Å². The molecule has 0 fully saturated rings. The second-order valence-electron chi connectivity index (χ2n) is 5.32.